The average molecular weight is 369 g/mol. The van der Waals surface area contributed by atoms with Crippen LogP contribution in [0.1, 0.15) is 23.2 Å². The van der Waals surface area contributed by atoms with Gasteiger partial charge in [-0.15, -0.1) is 0 Å². The highest BCUT2D eigenvalue weighted by Gasteiger charge is 2.26. The van der Waals surface area contributed by atoms with Crippen molar-refractivity contribution in [1.82, 2.24) is 0 Å². The second kappa shape index (κ2) is 7.77. The van der Waals surface area contributed by atoms with E-state index in [9.17, 15) is 18.8 Å². The number of para-hydroxylation sites is 1. The van der Waals surface area contributed by atoms with Crippen LogP contribution in [0.2, 0.25) is 0 Å². The number of nitrogens with zero attached hydrogens (tertiary/aromatic N) is 2. The van der Waals surface area contributed by atoms with Crippen LogP contribution in [-0.2, 0) is 14.3 Å². The first-order chi connectivity index (χ1) is 13.0. The minimum absolute atomic E-state index is 0.0846. The lowest BCUT2D eigenvalue weighted by molar-refractivity contribution is -0.118. The van der Waals surface area contributed by atoms with E-state index in [1.807, 2.05) is 0 Å². The summed E-state index contributed by atoms with van der Waals surface area (Å²) in [6, 6.07) is 12.2. The van der Waals surface area contributed by atoms with Crippen molar-refractivity contribution in [1.29, 1.82) is 0 Å². The molecule has 0 aromatic heterocycles. The molecule has 0 saturated heterocycles. The van der Waals surface area contributed by atoms with Gasteiger partial charge in [0.05, 0.1) is 24.0 Å². The highest BCUT2D eigenvalue weighted by Crippen LogP contribution is 2.21. The summed E-state index contributed by atoms with van der Waals surface area (Å²) < 4.78 is 18.6. The normalized spacial score (nSPS) is 13.8. The Morgan fingerprint density at radius 3 is 2.59 bits per heavy atom. The zero-order valence-corrected chi connectivity index (χ0v) is 14.4. The number of esters is 1. The van der Waals surface area contributed by atoms with Gasteiger partial charge in [0.1, 0.15) is 11.5 Å². The predicted octanol–water partition coefficient (Wildman–Crippen LogP) is 2.73. The van der Waals surface area contributed by atoms with Gasteiger partial charge in [-0.3, -0.25) is 9.59 Å². The fraction of sp³-hybridized carbons (Fsp3) is 0.158. The van der Waals surface area contributed by atoms with Crippen LogP contribution in [0.4, 0.5) is 15.8 Å². The molecule has 2 aromatic carbocycles. The van der Waals surface area contributed by atoms with Gasteiger partial charge in [-0.25, -0.2) is 14.2 Å². The lowest BCUT2D eigenvalue weighted by Crippen LogP contribution is -2.36. The minimum Gasteiger partial charge on any atom is -0.465 e. The maximum absolute atomic E-state index is 14.0. The van der Waals surface area contributed by atoms with Crippen LogP contribution in [0.15, 0.2) is 53.6 Å². The van der Waals surface area contributed by atoms with Crippen LogP contribution in [0, 0.1) is 5.82 Å². The third-order valence-corrected chi connectivity index (χ3v) is 3.93. The molecule has 27 heavy (non-hydrogen) atoms. The average Bonchev–Trinajstić information content (AvgIpc) is 2.70. The van der Waals surface area contributed by atoms with E-state index in [1.165, 1.54) is 19.2 Å². The molecular weight excluding hydrogens is 353 g/mol. The summed E-state index contributed by atoms with van der Waals surface area (Å²) in [6.07, 6.45) is 0.234. The molecule has 7 nitrogen and oxygen atoms in total. The van der Waals surface area contributed by atoms with Gasteiger partial charge in [0.25, 0.3) is 5.91 Å². The van der Waals surface area contributed by atoms with Gasteiger partial charge in [-0.1, -0.05) is 18.2 Å². The van der Waals surface area contributed by atoms with Gasteiger partial charge in [0.15, 0.2) is 0 Å². The van der Waals surface area contributed by atoms with Crippen molar-refractivity contribution in [3.05, 3.63) is 59.9 Å². The SMILES string of the molecule is COC(=O)c1ccc(F)c(NC(=O)C2=NN(c3ccccc3)C(=O)CC2)c1. The van der Waals surface area contributed by atoms with E-state index in [0.717, 1.165) is 11.1 Å². The van der Waals surface area contributed by atoms with E-state index in [2.05, 4.69) is 15.2 Å². The summed E-state index contributed by atoms with van der Waals surface area (Å²) in [7, 11) is 1.20. The predicted molar refractivity (Wildman–Crippen MR) is 97.0 cm³/mol. The van der Waals surface area contributed by atoms with Crippen molar-refractivity contribution < 1.29 is 23.5 Å². The Bertz CT molecular complexity index is 928. The van der Waals surface area contributed by atoms with E-state index in [0.29, 0.717) is 5.69 Å². The summed E-state index contributed by atoms with van der Waals surface area (Å²) in [6.45, 7) is 0. The molecule has 0 saturated carbocycles. The lowest BCUT2D eigenvalue weighted by atomic mass is 10.1. The highest BCUT2D eigenvalue weighted by molar-refractivity contribution is 6.44. The second-order valence-electron chi connectivity index (χ2n) is 5.73. The molecule has 0 atom stereocenters. The number of hydrogen-bond donors (Lipinski definition) is 1. The fourth-order valence-electron chi connectivity index (χ4n) is 2.55. The Hall–Kier alpha value is -3.55. The number of benzene rings is 2. The number of ether oxygens (including phenoxy) is 1. The first-order valence-electron chi connectivity index (χ1n) is 8.14. The number of carbonyl (C=O) groups excluding carboxylic acids is 3. The molecule has 138 valence electrons. The van der Waals surface area contributed by atoms with Crippen molar-refractivity contribution in [3.63, 3.8) is 0 Å². The van der Waals surface area contributed by atoms with Crippen LogP contribution >= 0.6 is 0 Å². The zero-order chi connectivity index (χ0) is 19.4. The zero-order valence-electron chi connectivity index (χ0n) is 14.4. The van der Waals surface area contributed by atoms with Crippen molar-refractivity contribution in [2.75, 3.05) is 17.4 Å². The number of anilines is 2. The highest BCUT2D eigenvalue weighted by atomic mass is 19.1. The summed E-state index contributed by atoms with van der Waals surface area (Å²) in [5, 5.41) is 7.65. The fourth-order valence-corrected chi connectivity index (χ4v) is 2.55. The van der Waals surface area contributed by atoms with E-state index in [4.69, 9.17) is 0 Å². The van der Waals surface area contributed by atoms with Gasteiger partial charge in [0.2, 0.25) is 5.91 Å². The van der Waals surface area contributed by atoms with E-state index >= 15 is 0 Å². The lowest BCUT2D eigenvalue weighted by Gasteiger charge is -2.23. The molecule has 3 rings (SSSR count). The molecule has 1 N–H and O–H groups in total. The first kappa shape index (κ1) is 18.2. The number of hydrogen-bond acceptors (Lipinski definition) is 5. The third-order valence-electron chi connectivity index (χ3n) is 3.93. The molecule has 1 aliphatic heterocycles. The Morgan fingerprint density at radius 2 is 1.89 bits per heavy atom. The standard InChI is InChI=1S/C19H16FN3O4/c1-27-19(26)12-7-8-14(20)16(11-12)21-18(25)15-9-10-17(24)23(22-15)13-5-3-2-4-6-13/h2-8,11H,9-10H2,1H3,(H,21,25). The Morgan fingerprint density at radius 1 is 1.15 bits per heavy atom. The van der Waals surface area contributed by atoms with E-state index in [1.54, 1.807) is 30.3 Å². The maximum atomic E-state index is 14.0. The van der Waals surface area contributed by atoms with Crippen LogP contribution in [0.5, 0.6) is 0 Å². The molecule has 8 heteroatoms. The van der Waals surface area contributed by atoms with Crippen LogP contribution in [0.25, 0.3) is 0 Å². The quantitative estimate of drug-likeness (QED) is 0.840. The van der Waals surface area contributed by atoms with Crippen molar-refractivity contribution in [2.45, 2.75) is 12.8 Å². The monoisotopic (exact) mass is 369 g/mol. The molecule has 0 aliphatic carbocycles. The van der Waals surface area contributed by atoms with Crippen molar-refractivity contribution >= 4 is 34.9 Å². The number of carbonyl (C=O) groups is 3. The summed E-state index contributed by atoms with van der Waals surface area (Å²) in [4.78, 5) is 36.2. The summed E-state index contributed by atoms with van der Waals surface area (Å²) in [5.74, 6) is -2.24. The topological polar surface area (TPSA) is 88.1 Å². The third kappa shape index (κ3) is 4.00. The molecule has 0 fully saturated rings. The number of halogens is 1. The summed E-state index contributed by atoms with van der Waals surface area (Å²) in [5.41, 5.74) is 0.544. The number of nitrogens with one attached hydrogen (secondary N) is 1. The van der Waals surface area contributed by atoms with Gasteiger partial charge in [-0.05, 0) is 30.3 Å². The molecule has 0 bridgehead atoms. The Labute approximate surface area is 154 Å². The molecule has 0 unspecified atom stereocenters. The van der Waals surface area contributed by atoms with Crippen LogP contribution < -0.4 is 10.3 Å². The van der Waals surface area contributed by atoms with Crippen LogP contribution in [-0.4, -0.2) is 30.6 Å². The van der Waals surface area contributed by atoms with Gasteiger partial charge < -0.3 is 10.1 Å². The molecule has 2 amide bonds. The number of amides is 2. The molecule has 1 heterocycles. The largest absolute Gasteiger partial charge is 0.465 e. The van der Waals surface area contributed by atoms with Crippen molar-refractivity contribution in [3.8, 4) is 0 Å². The number of hydrazone groups is 1. The molecule has 2 aromatic rings. The van der Waals surface area contributed by atoms with Crippen molar-refractivity contribution in [2.24, 2.45) is 5.10 Å². The van der Waals surface area contributed by atoms with E-state index < -0.39 is 17.7 Å². The minimum atomic E-state index is -0.705. The van der Waals surface area contributed by atoms with Crippen LogP contribution in [0.3, 0.4) is 0 Å². The number of rotatable bonds is 4. The first-order valence-corrected chi connectivity index (χ1v) is 8.14. The second-order valence-corrected chi connectivity index (χ2v) is 5.73. The Balaban J connectivity index is 1.84. The Kier molecular flexibility index (Phi) is 5.25. The molecule has 0 spiro atoms. The summed E-state index contributed by atoms with van der Waals surface area (Å²) >= 11 is 0. The number of methoxy groups -OCH3 is 1. The smallest absolute Gasteiger partial charge is 0.337 e. The van der Waals surface area contributed by atoms with Gasteiger partial charge in [-0.2, -0.15) is 5.10 Å². The molecular formula is C19H16FN3O4. The van der Waals surface area contributed by atoms with E-state index in [-0.39, 0.29) is 35.7 Å². The molecule has 1 aliphatic rings. The van der Waals surface area contributed by atoms with Gasteiger partial charge >= 0.3 is 5.97 Å². The van der Waals surface area contributed by atoms with Gasteiger partial charge in [0, 0.05) is 12.8 Å². The molecule has 0 radical (unpaired) electrons. The maximum Gasteiger partial charge on any atom is 0.337 e.